The van der Waals surface area contributed by atoms with Crippen molar-refractivity contribution in [2.75, 3.05) is 32.1 Å². The number of nitrogens with zero attached hydrogens (tertiary/aromatic N) is 5. The van der Waals surface area contributed by atoms with E-state index < -0.39 is 0 Å². The summed E-state index contributed by atoms with van der Waals surface area (Å²) in [4.78, 5) is 21.7. The summed E-state index contributed by atoms with van der Waals surface area (Å²) in [5.41, 5.74) is 4.64. The van der Waals surface area contributed by atoms with Gasteiger partial charge in [-0.05, 0) is 37.9 Å². The fourth-order valence-corrected chi connectivity index (χ4v) is 3.73. The highest BCUT2D eigenvalue weighted by Crippen LogP contribution is 2.28. The number of fused-ring (bicyclic) bond motifs is 1. The van der Waals surface area contributed by atoms with Crippen molar-refractivity contribution < 1.29 is 0 Å². The van der Waals surface area contributed by atoms with Crippen LogP contribution in [0.1, 0.15) is 35.7 Å². The first-order chi connectivity index (χ1) is 12.6. The van der Waals surface area contributed by atoms with Crippen LogP contribution in [-0.2, 0) is 6.54 Å². The van der Waals surface area contributed by atoms with E-state index in [0.29, 0.717) is 5.92 Å². The highest BCUT2D eigenvalue weighted by molar-refractivity contribution is 5.78. The molecule has 3 heterocycles. The van der Waals surface area contributed by atoms with E-state index in [-0.39, 0.29) is 0 Å². The molecule has 1 saturated heterocycles. The predicted molar refractivity (Wildman–Crippen MR) is 104 cm³/mol. The molecule has 26 heavy (non-hydrogen) atoms. The van der Waals surface area contributed by atoms with Gasteiger partial charge in [0.15, 0.2) is 0 Å². The molecule has 136 valence electrons. The molecule has 1 aromatic carbocycles. The number of H-pyrrole nitrogens is 1. The zero-order valence-corrected chi connectivity index (χ0v) is 15.7. The maximum Gasteiger partial charge on any atom is 0.224 e. The minimum absolute atomic E-state index is 0.456. The number of piperidine rings is 1. The van der Waals surface area contributed by atoms with Crippen LogP contribution in [-0.4, -0.2) is 52.0 Å². The third-order valence-electron chi connectivity index (χ3n) is 5.12. The molecule has 2 aromatic heterocycles. The van der Waals surface area contributed by atoms with Crippen molar-refractivity contribution in [3.8, 4) is 0 Å². The van der Waals surface area contributed by atoms with Gasteiger partial charge in [0.2, 0.25) is 5.95 Å². The molecule has 6 heteroatoms. The van der Waals surface area contributed by atoms with Crippen LogP contribution >= 0.6 is 0 Å². The van der Waals surface area contributed by atoms with E-state index in [1.807, 2.05) is 31.4 Å². The molecule has 0 bridgehead atoms. The highest BCUT2D eigenvalue weighted by atomic mass is 15.2. The molecule has 0 spiro atoms. The van der Waals surface area contributed by atoms with Gasteiger partial charge in [0.05, 0.1) is 11.0 Å². The van der Waals surface area contributed by atoms with Crippen LogP contribution < -0.4 is 4.90 Å². The van der Waals surface area contributed by atoms with Gasteiger partial charge in [-0.25, -0.2) is 15.0 Å². The number of hydrogen-bond donors (Lipinski definition) is 1. The maximum absolute atomic E-state index is 4.90. The number of aromatic amines is 1. The standard InChI is InChI=1S/C20H26N6/c1-14-6-4-8-17-18(14)24-19(23-17)16-7-5-9-26(13-16)12-15-10-21-20(22-11-15)25(2)3/h4,6,8,10-11,16H,5,7,9,12-13H2,1-3H3,(H,23,24). The molecule has 1 unspecified atom stereocenters. The van der Waals surface area contributed by atoms with E-state index in [0.717, 1.165) is 48.0 Å². The lowest BCUT2D eigenvalue weighted by Crippen LogP contribution is -2.34. The zero-order valence-electron chi connectivity index (χ0n) is 15.7. The Morgan fingerprint density at radius 1 is 1.23 bits per heavy atom. The van der Waals surface area contributed by atoms with Crippen molar-refractivity contribution in [2.24, 2.45) is 0 Å². The van der Waals surface area contributed by atoms with Crippen molar-refractivity contribution >= 4 is 17.0 Å². The van der Waals surface area contributed by atoms with Gasteiger partial charge in [-0.3, -0.25) is 4.90 Å². The van der Waals surface area contributed by atoms with Gasteiger partial charge < -0.3 is 9.88 Å². The molecule has 0 radical (unpaired) electrons. The van der Waals surface area contributed by atoms with E-state index in [4.69, 9.17) is 4.98 Å². The maximum atomic E-state index is 4.90. The summed E-state index contributed by atoms with van der Waals surface area (Å²) >= 11 is 0. The largest absolute Gasteiger partial charge is 0.347 e. The number of rotatable bonds is 4. The smallest absolute Gasteiger partial charge is 0.224 e. The Morgan fingerprint density at radius 3 is 2.77 bits per heavy atom. The number of hydrogen-bond acceptors (Lipinski definition) is 5. The molecule has 0 aliphatic carbocycles. The van der Waals surface area contributed by atoms with Crippen molar-refractivity contribution in [3.05, 3.63) is 47.5 Å². The zero-order chi connectivity index (χ0) is 18.1. The number of aryl methyl sites for hydroxylation is 1. The van der Waals surface area contributed by atoms with Gasteiger partial charge in [0.1, 0.15) is 5.82 Å². The van der Waals surface area contributed by atoms with Crippen molar-refractivity contribution in [3.63, 3.8) is 0 Å². The number of benzene rings is 1. The Balaban J connectivity index is 1.47. The molecule has 6 nitrogen and oxygen atoms in total. The molecule has 1 aliphatic rings. The minimum atomic E-state index is 0.456. The molecular weight excluding hydrogens is 324 g/mol. The first-order valence-electron chi connectivity index (χ1n) is 9.26. The average Bonchev–Trinajstić information content (AvgIpc) is 3.08. The Morgan fingerprint density at radius 2 is 2.04 bits per heavy atom. The van der Waals surface area contributed by atoms with Gasteiger partial charge >= 0.3 is 0 Å². The Labute approximate surface area is 154 Å². The average molecular weight is 350 g/mol. The minimum Gasteiger partial charge on any atom is -0.347 e. The summed E-state index contributed by atoms with van der Waals surface area (Å²) in [6.45, 7) is 5.15. The molecule has 1 atom stereocenters. The normalized spacial score (nSPS) is 18.3. The Hall–Kier alpha value is -2.47. The molecule has 1 N–H and O–H groups in total. The van der Waals surface area contributed by atoms with Crippen LogP contribution in [0.15, 0.2) is 30.6 Å². The third kappa shape index (κ3) is 3.42. The highest BCUT2D eigenvalue weighted by Gasteiger charge is 2.24. The van der Waals surface area contributed by atoms with E-state index in [9.17, 15) is 0 Å². The van der Waals surface area contributed by atoms with Gasteiger partial charge in [-0.15, -0.1) is 0 Å². The van der Waals surface area contributed by atoms with Gasteiger partial charge in [-0.2, -0.15) is 0 Å². The summed E-state index contributed by atoms with van der Waals surface area (Å²) in [6, 6.07) is 6.32. The van der Waals surface area contributed by atoms with Crippen molar-refractivity contribution in [1.29, 1.82) is 0 Å². The summed E-state index contributed by atoms with van der Waals surface area (Å²) in [6.07, 6.45) is 6.26. The number of para-hydroxylation sites is 1. The lowest BCUT2D eigenvalue weighted by Gasteiger charge is -2.31. The van der Waals surface area contributed by atoms with E-state index in [1.165, 1.54) is 18.4 Å². The summed E-state index contributed by atoms with van der Waals surface area (Å²) < 4.78 is 0. The van der Waals surface area contributed by atoms with Crippen LogP contribution in [0.5, 0.6) is 0 Å². The number of aromatic nitrogens is 4. The molecule has 3 aromatic rings. The van der Waals surface area contributed by atoms with Crippen molar-refractivity contribution in [1.82, 2.24) is 24.8 Å². The second-order valence-corrected chi connectivity index (χ2v) is 7.45. The molecule has 4 rings (SSSR count). The van der Waals surface area contributed by atoms with E-state index in [2.05, 4.69) is 45.0 Å². The Kier molecular flexibility index (Phi) is 4.59. The van der Waals surface area contributed by atoms with Crippen LogP contribution in [0.2, 0.25) is 0 Å². The SMILES string of the molecule is Cc1cccc2[nH]c(C3CCCN(Cc4cnc(N(C)C)nc4)C3)nc12. The molecule has 1 aliphatic heterocycles. The predicted octanol–water partition coefficient (Wildman–Crippen LogP) is 3.11. The van der Waals surface area contributed by atoms with Crippen LogP contribution in [0, 0.1) is 6.92 Å². The van der Waals surface area contributed by atoms with Crippen molar-refractivity contribution in [2.45, 2.75) is 32.2 Å². The lowest BCUT2D eigenvalue weighted by atomic mass is 9.97. The van der Waals surface area contributed by atoms with Crippen LogP contribution in [0.4, 0.5) is 5.95 Å². The van der Waals surface area contributed by atoms with Gasteiger partial charge in [-0.1, -0.05) is 12.1 Å². The van der Waals surface area contributed by atoms with Crippen LogP contribution in [0.3, 0.4) is 0 Å². The molecule has 0 amide bonds. The first kappa shape index (κ1) is 17.0. The van der Waals surface area contributed by atoms with Gasteiger partial charge in [0, 0.05) is 51.1 Å². The molecule has 0 saturated carbocycles. The first-order valence-corrected chi connectivity index (χ1v) is 9.26. The quantitative estimate of drug-likeness (QED) is 0.783. The number of imidazole rings is 1. The summed E-state index contributed by atoms with van der Waals surface area (Å²) in [5, 5.41) is 0. The lowest BCUT2D eigenvalue weighted by molar-refractivity contribution is 0.197. The van der Waals surface area contributed by atoms with Gasteiger partial charge in [0.25, 0.3) is 0 Å². The molecular formula is C20H26N6. The fraction of sp³-hybridized carbons (Fsp3) is 0.450. The summed E-state index contributed by atoms with van der Waals surface area (Å²) in [5.74, 6) is 2.33. The number of anilines is 1. The topological polar surface area (TPSA) is 60.9 Å². The monoisotopic (exact) mass is 350 g/mol. The number of likely N-dealkylation sites (tertiary alicyclic amines) is 1. The third-order valence-corrected chi connectivity index (χ3v) is 5.12. The fourth-order valence-electron chi connectivity index (χ4n) is 3.73. The van der Waals surface area contributed by atoms with Crippen LogP contribution in [0.25, 0.3) is 11.0 Å². The number of nitrogens with one attached hydrogen (secondary N) is 1. The Bertz CT molecular complexity index is 883. The second-order valence-electron chi connectivity index (χ2n) is 7.45. The second kappa shape index (κ2) is 7.03. The van der Waals surface area contributed by atoms with E-state index in [1.54, 1.807) is 0 Å². The van der Waals surface area contributed by atoms with E-state index >= 15 is 0 Å². The summed E-state index contributed by atoms with van der Waals surface area (Å²) in [7, 11) is 3.92. The molecule has 1 fully saturated rings.